The number of aliphatic hydroxyl groups excluding tert-OH is 1. The first-order valence-electron chi connectivity index (χ1n) is 13.4. The monoisotopic (exact) mass is 604 g/mol. The third-order valence-corrected chi connectivity index (χ3v) is 5.98. The molecular weight excluding hydrogens is 568 g/mol. The van der Waals surface area contributed by atoms with Crippen molar-refractivity contribution in [3.8, 4) is 0 Å². The minimum Gasteiger partial charge on any atom is -0.392 e. The summed E-state index contributed by atoms with van der Waals surface area (Å²) in [6, 6.07) is 8.05. The Morgan fingerprint density at radius 2 is 1.56 bits per heavy atom. The summed E-state index contributed by atoms with van der Waals surface area (Å²) >= 11 is 0. The van der Waals surface area contributed by atoms with Gasteiger partial charge in [-0.2, -0.15) is 0 Å². The number of nitro groups is 2. The normalized spacial score (nSPS) is 12.2. The highest BCUT2D eigenvalue weighted by molar-refractivity contribution is 5.98. The van der Waals surface area contributed by atoms with Crippen LogP contribution in [0.1, 0.15) is 26.3 Å². The molecule has 0 saturated carbocycles. The molecule has 0 saturated heterocycles. The number of nitrogens with one attached hydrogen (secondary N) is 4. The summed E-state index contributed by atoms with van der Waals surface area (Å²) in [6.45, 7) is 5.02. The minimum atomic E-state index is -0.916. The van der Waals surface area contributed by atoms with Gasteiger partial charge in [0.25, 0.3) is 11.4 Å². The number of nitro benzene ring substituents is 2. The van der Waals surface area contributed by atoms with Gasteiger partial charge in [-0.3, -0.25) is 34.6 Å². The fraction of sp³-hybridized carbons (Fsp3) is 0.444. The van der Waals surface area contributed by atoms with E-state index in [1.165, 1.54) is 13.0 Å². The van der Waals surface area contributed by atoms with Crippen molar-refractivity contribution in [1.29, 1.82) is 0 Å². The molecule has 0 bridgehead atoms. The molecule has 0 spiro atoms. The molecule has 0 radical (unpaired) electrons. The highest BCUT2D eigenvalue weighted by Crippen LogP contribution is 2.28. The number of rotatable bonds is 18. The van der Waals surface area contributed by atoms with Crippen LogP contribution < -0.4 is 21.3 Å². The lowest BCUT2D eigenvalue weighted by atomic mass is 10.0. The van der Waals surface area contributed by atoms with E-state index in [1.807, 2.05) is 0 Å². The Bertz CT molecular complexity index is 1270. The van der Waals surface area contributed by atoms with Crippen molar-refractivity contribution in [2.24, 2.45) is 5.92 Å². The van der Waals surface area contributed by atoms with Crippen LogP contribution in [0.4, 0.5) is 22.7 Å². The van der Waals surface area contributed by atoms with Gasteiger partial charge >= 0.3 is 0 Å². The maximum absolute atomic E-state index is 12.8. The number of carbonyl (C=O) groups excluding carboxylic acids is 3. The molecule has 0 fully saturated rings. The number of non-ortho nitro benzene ring substituents is 1. The fourth-order valence-corrected chi connectivity index (χ4v) is 3.64. The topological polar surface area (TPSA) is 224 Å². The molecule has 234 valence electrons. The number of carbonyl (C=O) groups is 3. The lowest BCUT2D eigenvalue weighted by Gasteiger charge is -2.23. The number of ether oxygens (including phenoxy) is 2. The number of anilines is 2. The van der Waals surface area contributed by atoms with E-state index in [0.717, 1.165) is 12.1 Å². The quantitative estimate of drug-likeness (QED) is 0.0935. The first kappa shape index (κ1) is 34.5. The Balaban J connectivity index is 1.69. The number of benzene rings is 2. The molecule has 5 N–H and O–H groups in total. The van der Waals surface area contributed by atoms with E-state index in [4.69, 9.17) is 14.6 Å². The van der Waals surface area contributed by atoms with Gasteiger partial charge in [0.05, 0.1) is 42.3 Å². The minimum absolute atomic E-state index is 0.0557. The second-order valence-electron chi connectivity index (χ2n) is 9.67. The third kappa shape index (κ3) is 11.6. The molecule has 0 aromatic heterocycles. The van der Waals surface area contributed by atoms with Gasteiger partial charge in [-0.15, -0.1) is 0 Å². The van der Waals surface area contributed by atoms with E-state index in [1.54, 1.807) is 38.1 Å². The van der Waals surface area contributed by atoms with Crippen LogP contribution in [0.25, 0.3) is 0 Å². The summed E-state index contributed by atoms with van der Waals surface area (Å²) in [5, 5.41) is 41.8. The Kier molecular flexibility index (Phi) is 13.9. The second-order valence-corrected chi connectivity index (χ2v) is 9.67. The number of amides is 3. The van der Waals surface area contributed by atoms with Crippen LogP contribution in [0.15, 0.2) is 42.5 Å². The van der Waals surface area contributed by atoms with Gasteiger partial charge in [-0.05, 0) is 36.6 Å². The lowest BCUT2D eigenvalue weighted by molar-refractivity contribution is -0.393. The average molecular weight is 605 g/mol. The number of nitrogens with zero attached hydrogens (tertiary/aromatic N) is 2. The summed E-state index contributed by atoms with van der Waals surface area (Å²) in [5.74, 6) is -1.82. The molecule has 2 aromatic rings. The molecular formula is C27H36N6O10. The van der Waals surface area contributed by atoms with Crippen molar-refractivity contribution in [2.75, 3.05) is 43.6 Å². The number of hydrogen-bond donors (Lipinski definition) is 5. The zero-order chi connectivity index (χ0) is 31.9. The summed E-state index contributed by atoms with van der Waals surface area (Å²) in [4.78, 5) is 58.2. The third-order valence-electron chi connectivity index (χ3n) is 5.98. The van der Waals surface area contributed by atoms with Gasteiger partial charge < -0.3 is 35.8 Å². The Morgan fingerprint density at radius 1 is 0.884 bits per heavy atom. The maximum Gasteiger partial charge on any atom is 0.299 e. The molecule has 16 nitrogen and oxygen atoms in total. The van der Waals surface area contributed by atoms with E-state index < -0.39 is 51.0 Å². The highest BCUT2D eigenvalue weighted by atomic mass is 16.6. The predicted octanol–water partition coefficient (Wildman–Crippen LogP) is 1.72. The second kappa shape index (κ2) is 17.3. The van der Waals surface area contributed by atoms with E-state index in [2.05, 4.69) is 21.3 Å². The molecule has 0 aliphatic carbocycles. The van der Waals surface area contributed by atoms with Gasteiger partial charge in [0.2, 0.25) is 17.7 Å². The van der Waals surface area contributed by atoms with Gasteiger partial charge in [-0.25, -0.2) is 0 Å². The molecule has 0 aliphatic heterocycles. The molecule has 2 atom stereocenters. The van der Waals surface area contributed by atoms with Gasteiger partial charge in [0, 0.05) is 18.3 Å². The first-order chi connectivity index (χ1) is 20.4. The van der Waals surface area contributed by atoms with Crippen molar-refractivity contribution >= 4 is 40.5 Å². The Morgan fingerprint density at radius 3 is 2.16 bits per heavy atom. The molecule has 0 heterocycles. The van der Waals surface area contributed by atoms with Crippen LogP contribution in [-0.4, -0.2) is 77.7 Å². The van der Waals surface area contributed by atoms with E-state index in [9.17, 15) is 34.6 Å². The summed E-state index contributed by atoms with van der Waals surface area (Å²) in [7, 11) is 0. The fourth-order valence-electron chi connectivity index (χ4n) is 3.64. The van der Waals surface area contributed by atoms with Gasteiger partial charge in [-0.1, -0.05) is 26.0 Å². The van der Waals surface area contributed by atoms with Gasteiger partial charge in [0.1, 0.15) is 24.4 Å². The summed E-state index contributed by atoms with van der Waals surface area (Å²) < 4.78 is 10.7. The van der Waals surface area contributed by atoms with Gasteiger partial charge in [0.15, 0.2) is 0 Å². The van der Waals surface area contributed by atoms with Crippen molar-refractivity contribution in [3.63, 3.8) is 0 Å². The van der Waals surface area contributed by atoms with Crippen LogP contribution in [0.3, 0.4) is 0 Å². The van der Waals surface area contributed by atoms with Crippen LogP contribution in [-0.2, 0) is 30.5 Å². The van der Waals surface area contributed by atoms with E-state index >= 15 is 0 Å². The number of hydrogen-bond acceptors (Lipinski definition) is 11. The molecule has 16 heteroatoms. The SMILES string of the molecule is CC(C)[C@H](NC(=O)COCCOCCNc1ccc([N+](=O)[O-])cc1[N+](=O)[O-])C(=O)N[C@@H](C)C(=O)Nc1ccc(CO)cc1. The Hall–Kier alpha value is -4.67. The Labute approximate surface area is 247 Å². The van der Waals surface area contributed by atoms with E-state index in [0.29, 0.717) is 11.3 Å². The molecule has 43 heavy (non-hydrogen) atoms. The van der Waals surface area contributed by atoms with Crippen LogP contribution >= 0.6 is 0 Å². The molecule has 2 rings (SSSR count). The van der Waals surface area contributed by atoms with Crippen molar-refractivity contribution in [3.05, 3.63) is 68.3 Å². The summed E-state index contributed by atoms with van der Waals surface area (Å²) in [5.41, 5.74) is 0.479. The standard InChI is InChI=1S/C27H36N6O10/c1-17(2)25(27(37)29-18(3)26(36)30-20-6-4-19(15-34)5-7-20)31-24(35)16-43-13-12-42-11-10-28-22-9-8-21(32(38)39)14-23(22)33(40)41/h4-9,14,17-18,25,28,34H,10-13,15-16H2,1-3H3,(H,29,37)(H,30,36)(H,31,35)/t18-,25-/m0/s1. The van der Waals surface area contributed by atoms with Crippen LogP contribution in [0, 0.1) is 26.1 Å². The lowest BCUT2D eigenvalue weighted by Crippen LogP contribution is -2.54. The number of aliphatic hydroxyl groups is 1. The van der Waals surface area contributed by atoms with Crippen LogP contribution in [0.5, 0.6) is 0 Å². The average Bonchev–Trinajstić information content (AvgIpc) is 2.97. The molecule has 3 amide bonds. The smallest absolute Gasteiger partial charge is 0.299 e. The maximum atomic E-state index is 12.8. The molecule has 0 aliphatic rings. The molecule has 2 aromatic carbocycles. The van der Waals surface area contributed by atoms with E-state index in [-0.39, 0.29) is 51.2 Å². The van der Waals surface area contributed by atoms with Crippen molar-refractivity contribution in [2.45, 2.75) is 39.5 Å². The first-order valence-corrected chi connectivity index (χ1v) is 13.4. The van der Waals surface area contributed by atoms with Crippen molar-refractivity contribution < 1.29 is 38.8 Å². The highest BCUT2D eigenvalue weighted by Gasteiger charge is 2.27. The van der Waals surface area contributed by atoms with Crippen LogP contribution in [0.2, 0.25) is 0 Å². The largest absolute Gasteiger partial charge is 0.392 e. The zero-order valence-electron chi connectivity index (χ0n) is 24.0. The molecule has 0 unspecified atom stereocenters. The summed E-state index contributed by atoms with van der Waals surface area (Å²) in [6.07, 6.45) is 0. The predicted molar refractivity (Wildman–Crippen MR) is 155 cm³/mol. The van der Waals surface area contributed by atoms with Crippen molar-refractivity contribution in [1.82, 2.24) is 10.6 Å². The zero-order valence-corrected chi connectivity index (χ0v) is 24.0.